The molecule has 0 aromatic heterocycles. The number of non-ortho nitro benzene ring substituents is 1. The fourth-order valence-corrected chi connectivity index (χ4v) is 3.78. The highest BCUT2D eigenvalue weighted by Crippen LogP contribution is 2.51. The first-order valence-electron chi connectivity index (χ1n) is 9.05. The van der Waals surface area contributed by atoms with E-state index in [2.05, 4.69) is 0 Å². The fraction of sp³-hybridized carbons (Fsp3) is 0.333. The lowest BCUT2D eigenvalue weighted by atomic mass is 9.72. The number of hydrogen-bond acceptors (Lipinski definition) is 7. The molecule has 1 fully saturated rings. The monoisotopic (exact) mass is 399 g/mol. The normalized spacial score (nSPS) is 20.5. The highest BCUT2D eigenvalue weighted by molar-refractivity contribution is 6.01. The molecule has 152 valence electrons. The quantitative estimate of drug-likeness (QED) is 0.328. The van der Waals surface area contributed by atoms with Crippen LogP contribution in [0.25, 0.3) is 0 Å². The van der Waals surface area contributed by atoms with Crippen LogP contribution in [0.2, 0.25) is 0 Å². The van der Waals surface area contributed by atoms with Crippen LogP contribution in [-0.2, 0) is 23.8 Å². The van der Waals surface area contributed by atoms with Gasteiger partial charge in [0, 0.05) is 12.1 Å². The largest absolute Gasteiger partial charge is 0.468 e. The summed E-state index contributed by atoms with van der Waals surface area (Å²) in [5, 5.41) is 11.2. The Bertz CT molecular complexity index is 896. The number of ether oxygens (including phenoxy) is 3. The molecule has 3 rings (SSSR count). The molecule has 0 spiro atoms. The summed E-state index contributed by atoms with van der Waals surface area (Å²) in [4.78, 5) is 36.3. The van der Waals surface area contributed by atoms with Crippen LogP contribution in [0.15, 0.2) is 54.6 Å². The molecular formula is C21H21NO7. The molecule has 0 amide bonds. The van der Waals surface area contributed by atoms with Crippen LogP contribution < -0.4 is 0 Å². The summed E-state index contributed by atoms with van der Waals surface area (Å²) in [5.74, 6) is -1.60. The number of nitro groups is 1. The first kappa shape index (κ1) is 20.5. The van der Waals surface area contributed by atoms with Crippen molar-refractivity contribution in [2.45, 2.75) is 25.0 Å². The summed E-state index contributed by atoms with van der Waals surface area (Å²) in [5.41, 5.74) is -0.720. The molecule has 2 aromatic rings. The molecule has 0 bridgehead atoms. The van der Waals surface area contributed by atoms with Crippen molar-refractivity contribution >= 4 is 17.6 Å². The molecule has 0 aliphatic carbocycles. The number of benzene rings is 2. The molecule has 0 N–H and O–H groups in total. The van der Waals surface area contributed by atoms with Crippen LogP contribution in [0.3, 0.4) is 0 Å². The van der Waals surface area contributed by atoms with Crippen LogP contribution in [-0.4, -0.2) is 31.1 Å². The smallest absolute Gasteiger partial charge is 0.326 e. The zero-order chi connectivity index (χ0) is 21.0. The molecule has 1 aliphatic heterocycles. The van der Waals surface area contributed by atoms with Gasteiger partial charge in [-0.05, 0) is 24.0 Å². The Balaban J connectivity index is 2.12. The lowest BCUT2D eigenvalue weighted by Gasteiger charge is -2.42. The molecule has 8 heteroatoms. The van der Waals surface area contributed by atoms with E-state index in [1.165, 1.54) is 32.4 Å². The molecular weight excluding hydrogens is 378 g/mol. The van der Waals surface area contributed by atoms with Gasteiger partial charge >= 0.3 is 11.9 Å². The first-order valence-corrected chi connectivity index (χ1v) is 9.05. The molecule has 1 saturated heterocycles. The van der Waals surface area contributed by atoms with E-state index in [-0.39, 0.29) is 12.1 Å². The molecule has 2 atom stereocenters. The third kappa shape index (κ3) is 3.71. The summed E-state index contributed by atoms with van der Waals surface area (Å²) in [7, 11) is 2.36. The standard InChI is InChI=1S/C21H21NO7/c1-27-19(23)21(20(24)28-2)12-11-17(14-7-4-3-5-8-14)29-18(21)15-9-6-10-16(13-15)22(25)26/h3-10,13,17-18H,11-12H2,1-2H3/t17-,18-/m1/s1. The van der Waals surface area contributed by atoms with Gasteiger partial charge in [0.2, 0.25) is 0 Å². The Morgan fingerprint density at radius 1 is 1.03 bits per heavy atom. The lowest BCUT2D eigenvalue weighted by Crippen LogP contribution is -2.49. The molecule has 8 nitrogen and oxygen atoms in total. The zero-order valence-electron chi connectivity index (χ0n) is 16.1. The predicted octanol–water partition coefficient (Wildman–Crippen LogP) is 3.52. The number of methoxy groups -OCH3 is 2. The number of nitrogens with zero attached hydrogens (tertiary/aromatic N) is 1. The summed E-state index contributed by atoms with van der Waals surface area (Å²) in [6.45, 7) is 0. The lowest BCUT2D eigenvalue weighted by molar-refractivity contribution is -0.385. The zero-order valence-corrected chi connectivity index (χ0v) is 16.1. The highest BCUT2D eigenvalue weighted by atomic mass is 16.6. The molecule has 29 heavy (non-hydrogen) atoms. The number of hydrogen-bond donors (Lipinski definition) is 0. The average Bonchev–Trinajstić information content (AvgIpc) is 2.78. The van der Waals surface area contributed by atoms with E-state index in [1.54, 1.807) is 6.07 Å². The third-order valence-corrected chi connectivity index (χ3v) is 5.20. The molecule has 1 heterocycles. The number of carbonyl (C=O) groups excluding carboxylic acids is 2. The molecule has 1 aliphatic rings. The van der Waals surface area contributed by atoms with Crippen molar-refractivity contribution in [2.75, 3.05) is 14.2 Å². The molecule has 0 unspecified atom stereocenters. The predicted molar refractivity (Wildman–Crippen MR) is 102 cm³/mol. The number of rotatable bonds is 5. The van der Waals surface area contributed by atoms with E-state index in [1.807, 2.05) is 30.3 Å². The number of nitro benzene ring substituents is 1. The second-order valence-electron chi connectivity index (χ2n) is 6.76. The van der Waals surface area contributed by atoms with Crippen LogP contribution in [0, 0.1) is 15.5 Å². The van der Waals surface area contributed by atoms with Gasteiger partial charge in [-0.25, -0.2) is 0 Å². The van der Waals surface area contributed by atoms with E-state index in [4.69, 9.17) is 14.2 Å². The van der Waals surface area contributed by atoms with Gasteiger partial charge < -0.3 is 14.2 Å². The van der Waals surface area contributed by atoms with Crippen molar-refractivity contribution in [1.29, 1.82) is 0 Å². The van der Waals surface area contributed by atoms with E-state index in [0.717, 1.165) is 5.56 Å². The van der Waals surface area contributed by atoms with Crippen LogP contribution in [0.1, 0.15) is 36.2 Å². The van der Waals surface area contributed by atoms with Crippen molar-refractivity contribution in [3.8, 4) is 0 Å². The third-order valence-electron chi connectivity index (χ3n) is 5.20. The Morgan fingerprint density at radius 2 is 1.66 bits per heavy atom. The van der Waals surface area contributed by atoms with Gasteiger partial charge in [-0.2, -0.15) is 0 Å². The van der Waals surface area contributed by atoms with Crippen molar-refractivity contribution in [1.82, 2.24) is 0 Å². The van der Waals surface area contributed by atoms with Gasteiger partial charge in [-0.3, -0.25) is 19.7 Å². The Labute approximate surface area is 167 Å². The maximum atomic E-state index is 12.8. The summed E-state index contributed by atoms with van der Waals surface area (Å²) in [6, 6.07) is 15.1. The van der Waals surface area contributed by atoms with E-state index in [9.17, 15) is 19.7 Å². The fourth-order valence-electron chi connectivity index (χ4n) is 3.78. The average molecular weight is 399 g/mol. The molecule has 0 saturated carbocycles. The van der Waals surface area contributed by atoms with Gasteiger partial charge in [0.15, 0.2) is 5.41 Å². The second kappa shape index (κ2) is 8.40. The second-order valence-corrected chi connectivity index (χ2v) is 6.76. The maximum Gasteiger partial charge on any atom is 0.326 e. The van der Waals surface area contributed by atoms with Crippen LogP contribution >= 0.6 is 0 Å². The summed E-state index contributed by atoms with van der Waals surface area (Å²) < 4.78 is 16.1. The molecule has 2 aromatic carbocycles. The minimum atomic E-state index is -1.76. The first-order chi connectivity index (χ1) is 13.9. The van der Waals surface area contributed by atoms with Crippen LogP contribution in [0.5, 0.6) is 0 Å². The van der Waals surface area contributed by atoms with Gasteiger partial charge in [0.05, 0.1) is 25.2 Å². The van der Waals surface area contributed by atoms with Crippen molar-refractivity contribution in [2.24, 2.45) is 5.41 Å². The summed E-state index contributed by atoms with van der Waals surface area (Å²) >= 11 is 0. The highest BCUT2D eigenvalue weighted by Gasteiger charge is 2.59. The van der Waals surface area contributed by atoms with Crippen molar-refractivity contribution < 1.29 is 28.7 Å². The molecule has 0 radical (unpaired) electrons. The summed E-state index contributed by atoms with van der Waals surface area (Å²) in [6.07, 6.45) is -1.03. The van der Waals surface area contributed by atoms with Gasteiger partial charge in [-0.1, -0.05) is 42.5 Å². The number of esters is 2. The Hall–Kier alpha value is -3.26. The SMILES string of the molecule is COC(=O)C1(C(=O)OC)CC[C@H](c2ccccc2)O[C@@H]1c1cccc([N+](=O)[O-])c1. The van der Waals surface area contributed by atoms with Gasteiger partial charge in [0.25, 0.3) is 5.69 Å². The van der Waals surface area contributed by atoms with Crippen molar-refractivity contribution in [3.63, 3.8) is 0 Å². The van der Waals surface area contributed by atoms with E-state index >= 15 is 0 Å². The van der Waals surface area contributed by atoms with E-state index < -0.39 is 34.5 Å². The minimum Gasteiger partial charge on any atom is -0.468 e. The Morgan fingerprint density at radius 3 is 2.24 bits per heavy atom. The van der Waals surface area contributed by atoms with Crippen molar-refractivity contribution in [3.05, 3.63) is 75.8 Å². The van der Waals surface area contributed by atoms with Crippen LogP contribution in [0.4, 0.5) is 5.69 Å². The minimum absolute atomic E-state index is 0.110. The maximum absolute atomic E-state index is 12.8. The Kier molecular flexibility index (Phi) is 5.93. The van der Waals surface area contributed by atoms with Gasteiger partial charge in [0.1, 0.15) is 6.10 Å². The van der Waals surface area contributed by atoms with Gasteiger partial charge in [-0.15, -0.1) is 0 Å². The topological polar surface area (TPSA) is 105 Å². The number of carbonyl (C=O) groups is 2. The van der Waals surface area contributed by atoms with E-state index in [0.29, 0.717) is 12.0 Å².